The summed E-state index contributed by atoms with van der Waals surface area (Å²) in [7, 11) is 0. The summed E-state index contributed by atoms with van der Waals surface area (Å²) in [5.74, 6) is -3.92. The van der Waals surface area contributed by atoms with E-state index in [4.69, 9.17) is 4.74 Å². The minimum atomic E-state index is -1.55. The van der Waals surface area contributed by atoms with Crippen molar-refractivity contribution in [3.63, 3.8) is 0 Å². The molecule has 4 aliphatic rings. The number of aryl methyl sites for hydroxylation is 2. The van der Waals surface area contributed by atoms with E-state index in [1.807, 2.05) is 44.2 Å². The Morgan fingerprint density at radius 3 is 2.32 bits per heavy atom. The van der Waals surface area contributed by atoms with E-state index < -0.39 is 90.5 Å². The molecular weight excluding hydrogens is 722 g/mol. The van der Waals surface area contributed by atoms with E-state index in [2.05, 4.69) is 21.3 Å². The minimum absolute atomic E-state index is 0.0365. The number of carbonyl (C=O) groups is 7. The van der Waals surface area contributed by atoms with Gasteiger partial charge in [0.05, 0.1) is 6.10 Å². The van der Waals surface area contributed by atoms with Crippen LogP contribution in [0.25, 0.3) is 0 Å². The van der Waals surface area contributed by atoms with E-state index in [0.29, 0.717) is 37.8 Å². The molecule has 7 amide bonds. The van der Waals surface area contributed by atoms with Crippen molar-refractivity contribution in [3.05, 3.63) is 65.2 Å². The number of rotatable bonds is 6. The van der Waals surface area contributed by atoms with Crippen molar-refractivity contribution < 1.29 is 43.4 Å². The van der Waals surface area contributed by atoms with Crippen LogP contribution in [0, 0.1) is 13.8 Å². The molecule has 0 aliphatic carbocycles. The van der Waals surface area contributed by atoms with Gasteiger partial charge in [-0.05, 0) is 70.6 Å². The molecule has 7 atom stereocenters. The van der Waals surface area contributed by atoms with Crippen molar-refractivity contribution in [2.24, 2.45) is 0 Å². The molecular formula is C40H51N7O9. The second-order valence-corrected chi connectivity index (χ2v) is 15.3. The van der Waals surface area contributed by atoms with Crippen LogP contribution in [0.3, 0.4) is 0 Å². The molecule has 0 spiro atoms. The van der Waals surface area contributed by atoms with Crippen LogP contribution >= 0.6 is 0 Å². The number of hydrogen-bond acceptors (Lipinski definition) is 9. The molecule has 4 fully saturated rings. The smallest absolute Gasteiger partial charge is 0.328 e. The second kappa shape index (κ2) is 17.5. The fourth-order valence-electron chi connectivity index (χ4n) is 8.00. The molecule has 2 aromatic rings. The van der Waals surface area contributed by atoms with Crippen molar-refractivity contribution in [3.8, 4) is 0 Å². The van der Waals surface area contributed by atoms with E-state index in [9.17, 15) is 38.7 Å². The number of anilines is 1. The number of aliphatic hydroxyl groups is 1. The lowest BCUT2D eigenvalue weighted by molar-refractivity contribution is -0.158. The van der Waals surface area contributed by atoms with Crippen LogP contribution in [0.1, 0.15) is 62.1 Å². The van der Waals surface area contributed by atoms with E-state index in [1.54, 1.807) is 18.2 Å². The Hall–Kier alpha value is -5.51. The molecule has 0 radical (unpaired) electrons. The number of carbonyl (C=O) groups excluding carboxylic acids is 7. The predicted octanol–water partition coefficient (Wildman–Crippen LogP) is 0.916. The fraction of sp³-hybridized carbons (Fsp3) is 0.525. The Kier molecular flexibility index (Phi) is 12.6. The number of piperidine rings is 1. The molecule has 0 unspecified atom stereocenters. The molecule has 16 nitrogen and oxygen atoms in total. The Labute approximate surface area is 325 Å². The molecule has 56 heavy (non-hydrogen) atoms. The summed E-state index contributed by atoms with van der Waals surface area (Å²) < 4.78 is 5.68. The highest BCUT2D eigenvalue weighted by molar-refractivity contribution is 5.98. The van der Waals surface area contributed by atoms with Gasteiger partial charge in [-0.3, -0.25) is 24.0 Å². The Bertz CT molecular complexity index is 1840. The zero-order valence-electron chi connectivity index (χ0n) is 32.0. The molecule has 0 aromatic heterocycles. The summed E-state index contributed by atoms with van der Waals surface area (Å²) >= 11 is 0. The number of urea groups is 1. The maximum atomic E-state index is 14.5. The molecule has 0 saturated carbocycles. The lowest BCUT2D eigenvalue weighted by Crippen LogP contribution is -2.62. The van der Waals surface area contributed by atoms with Crippen LogP contribution in [0.15, 0.2) is 48.5 Å². The van der Waals surface area contributed by atoms with Crippen molar-refractivity contribution in [1.29, 1.82) is 0 Å². The van der Waals surface area contributed by atoms with Gasteiger partial charge < -0.3 is 45.8 Å². The molecule has 300 valence electrons. The lowest BCUT2D eigenvalue weighted by Gasteiger charge is -2.39. The van der Waals surface area contributed by atoms with E-state index in [-0.39, 0.29) is 32.5 Å². The molecule has 4 heterocycles. The van der Waals surface area contributed by atoms with Crippen molar-refractivity contribution in [1.82, 2.24) is 30.7 Å². The van der Waals surface area contributed by atoms with Crippen LogP contribution in [0.4, 0.5) is 10.5 Å². The highest BCUT2D eigenvalue weighted by Crippen LogP contribution is 2.27. The first-order chi connectivity index (χ1) is 26.8. The number of fused-ring (bicyclic) bond motifs is 3. The maximum absolute atomic E-state index is 14.5. The number of hydrogen-bond donors (Lipinski definition) is 5. The second-order valence-electron chi connectivity index (χ2n) is 15.3. The third-order valence-corrected chi connectivity index (χ3v) is 10.9. The number of nitrogens with one attached hydrogen (secondary N) is 4. The third-order valence-electron chi connectivity index (χ3n) is 10.9. The van der Waals surface area contributed by atoms with Gasteiger partial charge in [-0.2, -0.15) is 0 Å². The van der Waals surface area contributed by atoms with E-state index in [0.717, 1.165) is 16.7 Å². The number of esters is 1. The SMILES string of the molecule is Cc1ccc(NC(=O)N[C@@H](Cc2cccc(C)c2)C(=O)N[C@H]2COC(=O)[C@@H]3CCCN3C(=O)[C@H](C)NC(=O)[C@@H]3CCCCN3C(=O)[C@@H]3C[C@@H](O)CN3C2=O)cc1. The van der Waals surface area contributed by atoms with Crippen molar-refractivity contribution >= 4 is 47.2 Å². The van der Waals surface area contributed by atoms with Crippen LogP contribution < -0.4 is 21.3 Å². The van der Waals surface area contributed by atoms with Gasteiger partial charge in [-0.1, -0.05) is 47.5 Å². The highest BCUT2D eigenvalue weighted by atomic mass is 16.5. The average molecular weight is 774 g/mol. The topological polar surface area (TPSA) is 207 Å². The Morgan fingerprint density at radius 2 is 1.57 bits per heavy atom. The zero-order valence-corrected chi connectivity index (χ0v) is 32.0. The van der Waals surface area contributed by atoms with Gasteiger partial charge in [0.2, 0.25) is 29.5 Å². The molecule has 4 aliphatic heterocycles. The van der Waals surface area contributed by atoms with Gasteiger partial charge in [0.1, 0.15) is 42.9 Å². The van der Waals surface area contributed by atoms with Crippen molar-refractivity contribution in [2.45, 2.75) is 108 Å². The quantitative estimate of drug-likeness (QED) is 0.264. The number of benzene rings is 2. The molecule has 0 bridgehead atoms. The third kappa shape index (κ3) is 9.29. The summed E-state index contributed by atoms with van der Waals surface area (Å²) in [5, 5.41) is 21.7. The summed E-state index contributed by atoms with van der Waals surface area (Å²) in [6.07, 6.45) is 1.25. The van der Waals surface area contributed by atoms with Gasteiger partial charge in [-0.25, -0.2) is 9.59 Å². The number of ether oxygens (including phenoxy) is 1. The van der Waals surface area contributed by atoms with E-state index in [1.165, 1.54) is 21.6 Å². The van der Waals surface area contributed by atoms with Gasteiger partial charge in [0, 0.05) is 38.2 Å². The first kappa shape index (κ1) is 40.2. The van der Waals surface area contributed by atoms with Crippen LogP contribution in [0.2, 0.25) is 0 Å². The highest BCUT2D eigenvalue weighted by Gasteiger charge is 2.47. The molecule has 2 aromatic carbocycles. The average Bonchev–Trinajstić information content (AvgIpc) is 3.83. The maximum Gasteiger partial charge on any atom is 0.328 e. The van der Waals surface area contributed by atoms with Gasteiger partial charge in [0.15, 0.2) is 0 Å². The van der Waals surface area contributed by atoms with E-state index >= 15 is 0 Å². The largest absolute Gasteiger partial charge is 0.461 e. The lowest BCUT2D eigenvalue weighted by atomic mass is 9.99. The monoisotopic (exact) mass is 773 g/mol. The van der Waals surface area contributed by atoms with Gasteiger partial charge in [0.25, 0.3) is 0 Å². The van der Waals surface area contributed by atoms with Crippen LogP contribution in [0.5, 0.6) is 0 Å². The Morgan fingerprint density at radius 1 is 0.857 bits per heavy atom. The molecule has 6 rings (SSSR count). The zero-order chi connectivity index (χ0) is 40.1. The molecule has 4 saturated heterocycles. The molecule has 16 heteroatoms. The fourth-order valence-corrected chi connectivity index (χ4v) is 8.00. The first-order valence-corrected chi connectivity index (χ1v) is 19.4. The van der Waals surface area contributed by atoms with Crippen LogP contribution in [-0.4, -0.2) is 130 Å². The standard InChI is InChI=1S/C40H51N7O9/c1-23-12-14-27(15-13-23)42-40(55)44-29(19-26-9-6-8-24(2)18-26)34(49)43-30-22-56-39(54)32-11-7-17-46(32)36(51)25(3)41-35(50)31-10-4-5-16-45(31)38(53)33-20-28(48)21-47(33)37(30)52/h6,8-9,12-15,18,25,28-33,48H,4-5,7,10-11,16-17,19-22H2,1-3H3,(H,41,50)(H,43,49)(H2,42,44,55)/t25-,28+,29-,30-,31-,32-,33-/m0/s1. The summed E-state index contributed by atoms with van der Waals surface area (Å²) in [4.78, 5) is 101. The predicted molar refractivity (Wildman–Crippen MR) is 203 cm³/mol. The summed E-state index contributed by atoms with van der Waals surface area (Å²) in [6.45, 7) is 4.91. The van der Waals surface area contributed by atoms with Crippen LogP contribution in [-0.2, 0) is 39.9 Å². The normalized spacial score (nSPS) is 26.7. The number of nitrogens with zero attached hydrogens (tertiary/aromatic N) is 3. The Balaban J connectivity index is 1.31. The van der Waals surface area contributed by atoms with Gasteiger partial charge in [-0.15, -0.1) is 0 Å². The number of aliphatic hydroxyl groups excluding tert-OH is 1. The first-order valence-electron chi connectivity index (χ1n) is 19.4. The van der Waals surface area contributed by atoms with Crippen molar-refractivity contribution in [2.75, 3.05) is 31.6 Å². The van der Waals surface area contributed by atoms with Gasteiger partial charge >= 0.3 is 12.0 Å². The summed E-state index contributed by atoms with van der Waals surface area (Å²) in [6, 6.07) is 6.94. The molecule has 5 N–H and O–H groups in total. The minimum Gasteiger partial charge on any atom is -0.461 e. The number of amides is 7. The summed E-state index contributed by atoms with van der Waals surface area (Å²) in [5.41, 5.74) is 3.14. The number of cyclic esters (lactones) is 1.